The third kappa shape index (κ3) is 1.86. The highest BCUT2D eigenvalue weighted by Crippen LogP contribution is 2.41. The molecule has 24 heavy (non-hydrogen) atoms. The number of aromatic hydroxyl groups is 2. The van der Waals surface area contributed by atoms with Gasteiger partial charge in [-0.3, -0.25) is 0 Å². The molecule has 0 saturated heterocycles. The van der Waals surface area contributed by atoms with E-state index in [4.69, 9.17) is 0 Å². The van der Waals surface area contributed by atoms with Crippen LogP contribution < -0.4 is 10.6 Å². The van der Waals surface area contributed by atoms with Crippen molar-refractivity contribution in [1.29, 1.82) is 0 Å². The van der Waals surface area contributed by atoms with Crippen LogP contribution >= 0.6 is 0 Å². The summed E-state index contributed by atoms with van der Waals surface area (Å²) in [6.07, 6.45) is 0. The lowest BCUT2D eigenvalue weighted by Crippen LogP contribution is -2.05. The summed E-state index contributed by atoms with van der Waals surface area (Å²) < 4.78 is 0. The number of anilines is 4. The highest BCUT2D eigenvalue weighted by atomic mass is 16.3. The molecule has 1 heterocycles. The molecule has 1 aliphatic heterocycles. The number of hydrogen-bond acceptors (Lipinski definition) is 4. The number of nitrogens with one attached hydrogen (secondary N) is 2. The fraction of sp³-hybridized carbons (Fsp3) is 0. The van der Waals surface area contributed by atoms with Crippen LogP contribution in [0.2, 0.25) is 0 Å². The summed E-state index contributed by atoms with van der Waals surface area (Å²) in [6.45, 7) is 0. The van der Waals surface area contributed by atoms with E-state index in [1.54, 1.807) is 12.1 Å². The lowest BCUT2D eigenvalue weighted by atomic mass is 10.0. The number of fused-ring (bicyclic) bond motifs is 4. The van der Waals surface area contributed by atoms with Crippen LogP contribution in [-0.4, -0.2) is 10.2 Å². The van der Waals surface area contributed by atoms with Crippen molar-refractivity contribution >= 4 is 44.3 Å². The monoisotopic (exact) mass is 314 g/mol. The van der Waals surface area contributed by atoms with Crippen molar-refractivity contribution in [1.82, 2.24) is 0 Å². The molecule has 0 saturated carbocycles. The van der Waals surface area contributed by atoms with Crippen LogP contribution in [0.1, 0.15) is 0 Å². The maximum Gasteiger partial charge on any atom is 0.158 e. The first-order valence-electron chi connectivity index (χ1n) is 7.74. The van der Waals surface area contributed by atoms with Gasteiger partial charge in [0.15, 0.2) is 11.5 Å². The number of phenols is 2. The molecule has 0 amide bonds. The van der Waals surface area contributed by atoms with E-state index in [-0.39, 0.29) is 11.5 Å². The highest BCUT2D eigenvalue weighted by Gasteiger charge is 2.15. The van der Waals surface area contributed by atoms with E-state index in [9.17, 15) is 10.2 Å². The maximum atomic E-state index is 9.72. The predicted octanol–water partition coefficient (Wildman–Crippen LogP) is 5.20. The molecule has 0 aliphatic carbocycles. The molecule has 4 N–H and O–H groups in total. The summed E-state index contributed by atoms with van der Waals surface area (Å²) in [6, 6.07) is 19.5. The van der Waals surface area contributed by atoms with Crippen molar-refractivity contribution in [2.45, 2.75) is 0 Å². The van der Waals surface area contributed by atoms with E-state index in [1.807, 2.05) is 36.4 Å². The Kier molecular flexibility index (Phi) is 2.48. The smallest absolute Gasteiger partial charge is 0.158 e. The summed E-state index contributed by atoms with van der Waals surface area (Å²) in [5, 5.41) is 30.3. The summed E-state index contributed by atoms with van der Waals surface area (Å²) >= 11 is 0. The van der Waals surface area contributed by atoms with Crippen molar-refractivity contribution in [3.05, 3.63) is 60.7 Å². The van der Waals surface area contributed by atoms with Crippen LogP contribution in [0, 0.1) is 0 Å². The van der Waals surface area contributed by atoms with Crippen LogP contribution in [0.5, 0.6) is 11.5 Å². The number of para-hydroxylation sites is 2. The second-order valence-electron chi connectivity index (χ2n) is 6.08. The fourth-order valence-corrected chi connectivity index (χ4v) is 3.28. The van der Waals surface area contributed by atoms with Gasteiger partial charge in [0, 0.05) is 0 Å². The van der Waals surface area contributed by atoms with Gasteiger partial charge in [-0.1, -0.05) is 12.1 Å². The molecular weight excluding hydrogens is 300 g/mol. The number of rotatable bonds is 0. The van der Waals surface area contributed by atoms with Crippen molar-refractivity contribution < 1.29 is 10.2 Å². The van der Waals surface area contributed by atoms with Gasteiger partial charge in [0.2, 0.25) is 0 Å². The van der Waals surface area contributed by atoms with Gasteiger partial charge in [-0.15, -0.1) is 0 Å². The Balaban J connectivity index is 1.74. The lowest BCUT2D eigenvalue weighted by Gasteiger charge is -2.23. The minimum atomic E-state index is -0.103. The zero-order valence-electron chi connectivity index (χ0n) is 12.7. The molecule has 0 unspecified atom stereocenters. The Labute approximate surface area is 138 Å². The van der Waals surface area contributed by atoms with Gasteiger partial charge < -0.3 is 20.8 Å². The molecule has 0 bridgehead atoms. The van der Waals surface area contributed by atoms with Gasteiger partial charge in [0.25, 0.3) is 0 Å². The van der Waals surface area contributed by atoms with Gasteiger partial charge in [-0.2, -0.15) is 0 Å². The SMILES string of the molecule is Oc1cc2cc3cc4c(cc3cc2cc1O)Nc1ccccc1N4. The molecular formula is C20H14N2O2. The maximum absolute atomic E-state index is 9.72. The Morgan fingerprint density at radius 2 is 0.917 bits per heavy atom. The Bertz CT molecular complexity index is 1050. The van der Waals surface area contributed by atoms with E-state index in [0.29, 0.717) is 0 Å². The topological polar surface area (TPSA) is 64.5 Å². The average Bonchev–Trinajstić information content (AvgIpc) is 2.58. The Hall–Kier alpha value is -3.40. The molecule has 4 aromatic carbocycles. The van der Waals surface area contributed by atoms with Gasteiger partial charge >= 0.3 is 0 Å². The fourth-order valence-electron chi connectivity index (χ4n) is 3.28. The van der Waals surface area contributed by atoms with E-state index in [1.165, 1.54) is 0 Å². The molecule has 0 spiro atoms. The second kappa shape index (κ2) is 4.55. The number of benzene rings is 4. The summed E-state index contributed by atoms with van der Waals surface area (Å²) in [7, 11) is 0. The third-order valence-corrected chi connectivity index (χ3v) is 4.49. The van der Waals surface area contributed by atoms with Gasteiger partial charge in [0.05, 0.1) is 22.7 Å². The standard InChI is InChI=1S/C20H14N2O2/c23-19-9-13-5-11-7-17-18(8-12(11)6-14(13)10-20(19)24)22-16-4-2-1-3-15(16)21-17/h1-10,21-24H. The third-order valence-electron chi connectivity index (χ3n) is 4.49. The van der Waals surface area contributed by atoms with E-state index < -0.39 is 0 Å². The van der Waals surface area contributed by atoms with Crippen LogP contribution in [0.3, 0.4) is 0 Å². The first-order chi connectivity index (χ1) is 11.7. The molecule has 0 fully saturated rings. The predicted molar refractivity (Wildman–Crippen MR) is 97.8 cm³/mol. The quantitative estimate of drug-likeness (QED) is 0.234. The number of phenolic OH excluding ortho intramolecular Hbond substituents is 2. The lowest BCUT2D eigenvalue weighted by molar-refractivity contribution is 0.405. The largest absolute Gasteiger partial charge is 0.504 e. The average molecular weight is 314 g/mol. The minimum Gasteiger partial charge on any atom is -0.504 e. The second-order valence-corrected chi connectivity index (χ2v) is 6.08. The molecule has 0 radical (unpaired) electrons. The van der Waals surface area contributed by atoms with E-state index >= 15 is 0 Å². The van der Waals surface area contributed by atoms with Gasteiger partial charge in [-0.25, -0.2) is 0 Å². The Morgan fingerprint density at radius 3 is 1.38 bits per heavy atom. The normalized spacial score (nSPS) is 12.3. The van der Waals surface area contributed by atoms with Crippen molar-refractivity contribution in [2.24, 2.45) is 0 Å². The summed E-state index contributed by atoms with van der Waals surface area (Å²) in [5.74, 6) is -0.206. The molecule has 4 aromatic rings. The Morgan fingerprint density at radius 1 is 0.500 bits per heavy atom. The molecule has 1 aliphatic rings. The van der Waals surface area contributed by atoms with E-state index in [0.717, 1.165) is 44.3 Å². The van der Waals surface area contributed by atoms with Crippen molar-refractivity contribution in [3.8, 4) is 11.5 Å². The molecule has 5 rings (SSSR count). The molecule has 4 heteroatoms. The van der Waals surface area contributed by atoms with Gasteiger partial charge in [-0.05, 0) is 70.1 Å². The summed E-state index contributed by atoms with van der Waals surface area (Å²) in [4.78, 5) is 0. The van der Waals surface area contributed by atoms with Crippen LogP contribution in [0.25, 0.3) is 21.5 Å². The van der Waals surface area contributed by atoms with E-state index in [2.05, 4.69) is 22.8 Å². The highest BCUT2D eigenvalue weighted by molar-refractivity contribution is 6.05. The van der Waals surface area contributed by atoms with Crippen LogP contribution in [0.15, 0.2) is 60.7 Å². The van der Waals surface area contributed by atoms with Crippen molar-refractivity contribution in [3.63, 3.8) is 0 Å². The first-order valence-corrected chi connectivity index (χ1v) is 7.74. The zero-order valence-corrected chi connectivity index (χ0v) is 12.7. The molecule has 4 nitrogen and oxygen atoms in total. The first kappa shape index (κ1) is 13.1. The van der Waals surface area contributed by atoms with Crippen LogP contribution in [-0.2, 0) is 0 Å². The zero-order chi connectivity index (χ0) is 16.3. The summed E-state index contributed by atoms with van der Waals surface area (Å²) in [5.41, 5.74) is 4.13. The van der Waals surface area contributed by atoms with Gasteiger partial charge in [0.1, 0.15) is 0 Å². The minimum absolute atomic E-state index is 0.103. The molecule has 0 aromatic heterocycles. The van der Waals surface area contributed by atoms with Crippen molar-refractivity contribution in [2.75, 3.05) is 10.6 Å². The molecule has 116 valence electrons. The molecule has 0 atom stereocenters. The number of hydrogen-bond donors (Lipinski definition) is 4. The van der Waals surface area contributed by atoms with Crippen LogP contribution in [0.4, 0.5) is 22.7 Å².